The van der Waals surface area contributed by atoms with Crippen molar-refractivity contribution in [3.63, 3.8) is 0 Å². The highest BCUT2D eigenvalue weighted by Gasteiger charge is 2.18. The lowest BCUT2D eigenvalue weighted by atomic mass is 10.2. The SMILES string of the molecule is COCCn1cnnc1C(C)NC(=O)CN1CCCCCC1. The van der Waals surface area contributed by atoms with Crippen molar-refractivity contribution in [1.29, 1.82) is 0 Å². The molecule has 0 spiro atoms. The van der Waals surface area contributed by atoms with Crippen molar-refractivity contribution in [3.8, 4) is 0 Å². The summed E-state index contributed by atoms with van der Waals surface area (Å²) < 4.78 is 6.99. The monoisotopic (exact) mass is 309 g/mol. The van der Waals surface area contributed by atoms with Crippen LogP contribution in [0.1, 0.15) is 44.5 Å². The zero-order valence-corrected chi connectivity index (χ0v) is 13.6. The second kappa shape index (κ2) is 8.85. The van der Waals surface area contributed by atoms with Gasteiger partial charge in [0.2, 0.25) is 5.91 Å². The van der Waals surface area contributed by atoms with Crippen molar-refractivity contribution in [2.45, 2.75) is 45.2 Å². The molecule has 1 aromatic heterocycles. The van der Waals surface area contributed by atoms with Crippen LogP contribution in [-0.2, 0) is 16.1 Å². The van der Waals surface area contributed by atoms with Gasteiger partial charge >= 0.3 is 0 Å². The minimum Gasteiger partial charge on any atom is -0.383 e. The van der Waals surface area contributed by atoms with Crippen LogP contribution < -0.4 is 5.32 Å². The van der Waals surface area contributed by atoms with E-state index in [1.807, 2.05) is 11.5 Å². The van der Waals surface area contributed by atoms with Crippen molar-refractivity contribution >= 4 is 5.91 Å². The first-order valence-electron chi connectivity index (χ1n) is 8.09. The molecule has 1 saturated heterocycles. The van der Waals surface area contributed by atoms with Gasteiger partial charge in [-0.2, -0.15) is 0 Å². The number of amides is 1. The Morgan fingerprint density at radius 3 is 2.77 bits per heavy atom. The van der Waals surface area contributed by atoms with E-state index in [0.29, 0.717) is 19.7 Å². The van der Waals surface area contributed by atoms with Gasteiger partial charge in [0.1, 0.15) is 6.33 Å². The lowest BCUT2D eigenvalue weighted by Gasteiger charge is -2.21. The Morgan fingerprint density at radius 1 is 1.36 bits per heavy atom. The molecule has 1 atom stereocenters. The maximum Gasteiger partial charge on any atom is 0.234 e. The molecule has 0 bridgehead atoms. The van der Waals surface area contributed by atoms with Gasteiger partial charge in [0, 0.05) is 13.7 Å². The normalized spacial score (nSPS) is 17.9. The average molecular weight is 309 g/mol. The summed E-state index contributed by atoms with van der Waals surface area (Å²) >= 11 is 0. The summed E-state index contributed by atoms with van der Waals surface area (Å²) in [6.07, 6.45) is 6.60. The van der Waals surface area contributed by atoms with E-state index in [2.05, 4.69) is 20.4 Å². The van der Waals surface area contributed by atoms with Crippen molar-refractivity contribution in [2.24, 2.45) is 0 Å². The molecule has 7 heteroatoms. The zero-order valence-electron chi connectivity index (χ0n) is 13.6. The van der Waals surface area contributed by atoms with Gasteiger partial charge in [-0.05, 0) is 32.9 Å². The first-order valence-corrected chi connectivity index (χ1v) is 8.09. The fourth-order valence-electron chi connectivity index (χ4n) is 2.81. The van der Waals surface area contributed by atoms with Crippen LogP contribution in [-0.4, -0.2) is 58.9 Å². The van der Waals surface area contributed by atoms with Crippen LogP contribution in [0.25, 0.3) is 0 Å². The standard InChI is InChI=1S/C15H27N5O2/c1-13(15-18-16-12-20(15)9-10-22-2)17-14(21)11-19-7-5-3-4-6-8-19/h12-13H,3-11H2,1-2H3,(H,17,21). The minimum atomic E-state index is -0.154. The second-order valence-electron chi connectivity index (χ2n) is 5.85. The van der Waals surface area contributed by atoms with Gasteiger partial charge < -0.3 is 14.6 Å². The lowest BCUT2D eigenvalue weighted by Crippen LogP contribution is -2.39. The van der Waals surface area contributed by atoms with E-state index in [1.54, 1.807) is 13.4 Å². The van der Waals surface area contributed by atoms with Crippen molar-refractivity contribution in [2.75, 3.05) is 33.4 Å². The quantitative estimate of drug-likeness (QED) is 0.813. The number of carbonyl (C=O) groups is 1. The summed E-state index contributed by atoms with van der Waals surface area (Å²) in [7, 11) is 1.66. The number of ether oxygens (including phenoxy) is 1. The molecular weight excluding hydrogens is 282 g/mol. The molecule has 0 saturated carbocycles. The molecule has 1 fully saturated rings. The van der Waals surface area contributed by atoms with E-state index >= 15 is 0 Å². The van der Waals surface area contributed by atoms with Crippen LogP contribution >= 0.6 is 0 Å². The number of likely N-dealkylation sites (tertiary alicyclic amines) is 1. The van der Waals surface area contributed by atoms with Gasteiger partial charge in [-0.25, -0.2) is 0 Å². The fourth-order valence-corrected chi connectivity index (χ4v) is 2.81. The Balaban J connectivity index is 1.84. The van der Waals surface area contributed by atoms with Gasteiger partial charge in [0.05, 0.1) is 19.2 Å². The fraction of sp³-hybridized carbons (Fsp3) is 0.800. The third kappa shape index (κ3) is 5.06. The lowest BCUT2D eigenvalue weighted by molar-refractivity contribution is -0.123. The number of methoxy groups -OCH3 is 1. The number of hydrogen-bond acceptors (Lipinski definition) is 5. The van der Waals surface area contributed by atoms with Gasteiger partial charge in [0.25, 0.3) is 0 Å². The highest BCUT2D eigenvalue weighted by molar-refractivity contribution is 5.78. The molecule has 0 aliphatic carbocycles. The van der Waals surface area contributed by atoms with E-state index in [0.717, 1.165) is 18.9 Å². The van der Waals surface area contributed by atoms with Crippen molar-refractivity contribution < 1.29 is 9.53 Å². The van der Waals surface area contributed by atoms with Crippen molar-refractivity contribution in [1.82, 2.24) is 25.0 Å². The smallest absolute Gasteiger partial charge is 0.234 e. The largest absolute Gasteiger partial charge is 0.383 e. The predicted octanol–water partition coefficient (Wildman–Crippen LogP) is 0.978. The summed E-state index contributed by atoms with van der Waals surface area (Å²) in [5.74, 6) is 0.817. The first-order chi connectivity index (χ1) is 10.7. The molecular formula is C15H27N5O2. The second-order valence-corrected chi connectivity index (χ2v) is 5.85. The van der Waals surface area contributed by atoms with Gasteiger partial charge in [0.15, 0.2) is 5.82 Å². The Morgan fingerprint density at radius 2 is 2.09 bits per heavy atom. The molecule has 1 aliphatic rings. The predicted molar refractivity (Wildman–Crippen MR) is 83.4 cm³/mol. The Labute approximate surface area is 132 Å². The average Bonchev–Trinajstić information content (AvgIpc) is 2.82. The van der Waals surface area contributed by atoms with Crippen LogP contribution in [0.15, 0.2) is 6.33 Å². The van der Waals surface area contributed by atoms with E-state index in [1.165, 1.54) is 25.7 Å². The zero-order chi connectivity index (χ0) is 15.8. The maximum atomic E-state index is 12.2. The minimum absolute atomic E-state index is 0.0516. The number of nitrogens with zero attached hydrogens (tertiary/aromatic N) is 4. The molecule has 0 aromatic carbocycles. The topological polar surface area (TPSA) is 72.3 Å². The van der Waals surface area contributed by atoms with Crippen LogP contribution in [0, 0.1) is 0 Å². The first kappa shape index (κ1) is 16.9. The number of aromatic nitrogens is 3. The van der Waals surface area contributed by atoms with Crippen molar-refractivity contribution in [3.05, 3.63) is 12.2 Å². The van der Waals surface area contributed by atoms with E-state index < -0.39 is 0 Å². The van der Waals surface area contributed by atoms with Gasteiger partial charge in [-0.15, -0.1) is 10.2 Å². The van der Waals surface area contributed by atoms with Crippen LogP contribution in [0.4, 0.5) is 0 Å². The van der Waals surface area contributed by atoms with Crippen LogP contribution in [0.5, 0.6) is 0 Å². The van der Waals surface area contributed by atoms with E-state index in [-0.39, 0.29) is 11.9 Å². The molecule has 0 radical (unpaired) electrons. The Hall–Kier alpha value is -1.47. The van der Waals surface area contributed by atoms with Crippen LogP contribution in [0.2, 0.25) is 0 Å². The molecule has 1 unspecified atom stereocenters. The molecule has 1 N–H and O–H groups in total. The molecule has 1 aromatic rings. The van der Waals surface area contributed by atoms with E-state index in [4.69, 9.17) is 4.74 Å². The summed E-state index contributed by atoms with van der Waals surface area (Å²) in [6.45, 7) is 5.73. The summed E-state index contributed by atoms with van der Waals surface area (Å²) in [5.41, 5.74) is 0. The third-order valence-electron chi connectivity index (χ3n) is 4.01. The number of hydrogen-bond donors (Lipinski definition) is 1. The molecule has 1 amide bonds. The Bertz CT molecular complexity index is 455. The number of rotatable bonds is 7. The molecule has 1 aliphatic heterocycles. The third-order valence-corrected chi connectivity index (χ3v) is 4.01. The summed E-state index contributed by atoms with van der Waals surface area (Å²) in [4.78, 5) is 14.5. The van der Waals surface area contributed by atoms with Gasteiger partial charge in [-0.1, -0.05) is 12.8 Å². The van der Waals surface area contributed by atoms with E-state index in [9.17, 15) is 4.79 Å². The maximum absolute atomic E-state index is 12.2. The highest BCUT2D eigenvalue weighted by Crippen LogP contribution is 2.11. The Kier molecular flexibility index (Phi) is 6.79. The number of carbonyl (C=O) groups excluding carboxylic acids is 1. The number of nitrogens with one attached hydrogen (secondary N) is 1. The molecule has 22 heavy (non-hydrogen) atoms. The summed E-state index contributed by atoms with van der Waals surface area (Å²) in [5, 5.41) is 11.1. The highest BCUT2D eigenvalue weighted by atomic mass is 16.5. The molecule has 7 nitrogen and oxygen atoms in total. The molecule has 2 heterocycles. The van der Waals surface area contributed by atoms with Gasteiger partial charge in [-0.3, -0.25) is 9.69 Å². The molecule has 2 rings (SSSR count). The molecule has 124 valence electrons. The van der Waals surface area contributed by atoms with Crippen LogP contribution in [0.3, 0.4) is 0 Å². The summed E-state index contributed by atoms with van der Waals surface area (Å²) in [6, 6.07) is -0.154.